The number of hydrogen-bond donors (Lipinski definition) is 1. The Morgan fingerprint density at radius 1 is 1.22 bits per heavy atom. The van der Waals surface area contributed by atoms with E-state index < -0.39 is 0 Å². The van der Waals surface area contributed by atoms with Gasteiger partial charge in [0.1, 0.15) is 5.76 Å². The minimum atomic E-state index is -0.203. The Balaban J connectivity index is 1.75. The summed E-state index contributed by atoms with van der Waals surface area (Å²) >= 11 is 13.1. The molecule has 1 saturated heterocycles. The van der Waals surface area contributed by atoms with Gasteiger partial charge in [0.2, 0.25) is 0 Å². The van der Waals surface area contributed by atoms with E-state index in [0.717, 1.165) is 0 Å². The van der Waals surface area contributed by atoms with Gasteiger partial charge in [0.05, 0.1) is 16.9 Å². The van der Waals surface area contributed by atoms with Gasteiger partial charge >= 0.3 is 0 Å². The third-order valence-electron chi connectivity index (χ3n) is 2.78. The van der Waals surface area contributed by atoms with Crippen molar-refractivity contribution in [3.63, 3.8) is 0 Å². The van der Waals surface area contributed by atoms with E-state index in [1.165, 1.54) is 11.8 Å². The van der Waals surface area contributed by atoms with E-state index in [-0.39, 0.29) is 5.91 Å². The zero-order valence-corrected chi connectivity index (χ0v) is 14.0. The quantitative estimate of drug-likeness (QED) is 0.776. The van der Waals surface area contributed by atoms with Gasteiger partial charge in [-0.15, -0.1) is 0 Å². The molecule has 1 aliphatic rings. The Labute approximate surface area is 146 Å². The van der Waals surface area contributed by atoms with E-state index in [0.29, 0.717) is 31.6 Å². The van der Waals surface area contributed by atoms with Crippen molar-refractivity contribution >= 4 is 57.8 Å². The molecule has 0 radical (unpaired) electrons. The molecule has 2 heterocycles. The number of rotatable bonds is 3. The van der Waals surface area contributed by atoms with Crippen LogP contribution in [0.25, 0.3) is 6.08 Å². The van der Waals surface area contributed by atoms with Gasteiger partial charge in [0.15, 0.2) is 5.17 Å². The van der Waals surface area contributed by atoms with E-state index in [1.54, 1.807) is 48.8 Å². The third kappa shape index (κ3) is 4.28. The Kier molecular flexibility index (Phi) is 4.91. The van der Waals surface area contributed by atoms with Crippen LogP contribution in [0.2, 0.25) is 10.0 Å². The molecule has 7 heteroatoms. The fraction of sp³-hybridized carbons (Fsp3) is 0. The molecule has 1 aromatic heterocycles. The second kappa shape index (κ2) is 7.08. The highest BCUT2D eigenvalue weighted by atomic mass is 35.5. The summed E-state index contributed by atoms with van der Waals surface area (Å²) in [6.45, 7) is 0. The third-order valence-corrected chi connectivity index (χ3v) is 4.14. The maximum absolute atomic E-state index is 11.9. The number of amides is 1. The molecular weight excluding hydrogens is 355 g/mol. The van der Waals surface area contributed by atoms with Gasteiger partial charge in [0.25, 0.3) is 5.91 Å². The Morgan fingerprint density at radius 2 is 2.00 bits per heavy atom. The zero-order valence-electron chi connectivity index (χ0n) is 11.6. The van der Waals surface area contributed by atoms with Crippen molar-refractivity contribution in [3.05, 3.63) is 69.5 Å². The summed E-state index contributed by atoms with van der Waals surface area (Å²) in [4.78, 5) is 16.8. The Morgan fingerprint density at radius 3 is 2.70 bits per heavy atom. The molecule has 23 heavy (non-hydrogen) atoms. The number of thioether (sulfide) groups is 1. The molecule has 0 atom stereocenters. The normalized spacial score (nSPS) is 18.3. The van der Waals surface area contributed by atoms with Gasteiger partial charge < -0.3 is 9.73 Å². The number of aliphatic imine (C=N–C) groups is 1. The number of benzene rings is 1. The topological polar surface area (TPSA) is 54.6 Å². The van der Waals surface area contributed by atoms with Crippen molar-refractivity contribution in [3.8, 4) is 0 Å². The van der Waals surface area contributed by atoms with Crippen molar-refractivity contribution in [2.24, 2.45) is 4.99 Å². The summed E-state index contributed by atoms with van der Waals surface area (Å²) in [5.74, 6) is 0.513. The molecule has 2 aromatic rings. The predicted octanol–water partition coefficient (Wildman–Crippen LogP) is 5.03. The first-order valence-corrected chi connectivity index (χ1v) is 8.13. The van der Waals surface area contributed by atoms with Crippen molar-refractivity contribution < 1.29 is 9.21 Å². The van der Waals surface area contributed by atoms with Gasteiger partial charge in [-0.3, -0.25) is 4.79 Å². The number of halogens is 2. The number of hydrogen-bond acceptors (Lipinski definition) is 4. The summed E-state index contributed by atoms with van der Waals surface area (Å²) < 4.78 is 5.18. The lowest BCUT2D eigenvalue weighted by atomic mass is 10.3. The van der Waals surface area contributed by atoms with Crippen LogP contribution in [0.4, 0.5) is 5.69 Å². The number of carbonyl (C=O) groups is 1. The van der Waals surface area contributed by atoms with Crippen molar-refractivity contribution in [2.45, 2.75) is 0 Å². The fourth-order valence-corrected chi connectivity index (χ4v) is 3.14. The molecule has 1 aromatic carbocycles. The number of nitrogens with one attached hydrogen (secondary N) is 1. The average molecular weight is 365 g/mol. The summed E-state index contributed by atoms with van der Waals surface area (Å²) in [6, 6.07) is 8.59. The van der Waals surface area contributed by atoms with Gasteiger partial charge in [0, 0.05) is 10.0 Å². The van der Waals surface area contributed by atoms with Gasteiger partial charge in [-0.2, -0.15) is 0 Å². The lowest BCUT2D eigenvalue weighted by Gasteiger charge is -1.98. The average Bonchev–Trinajstić information content (AvgIpc) is 3.08. The lowest BCUT2D eigenvalue weighted by Crippen LogP contribution is -2.19. The SMILES string of the molecule is O=C1NC(=Nc2cc(Cl)cc(Cl)c2)S/C1=C\C=C\c1ccco1. The highest BCUT2D eigenvalue weighted by Gasteiger charge is 2.23. The molecule has 0 saturated carbocycles. The van der Waals surface area contributed by atoms with Crippen molar-refractivity contribution in [1.29, 1.82) is 0 Å². The standard InChI is InChI=1S/C16H10Cl2N2O2S/c17-10-7-11(18)9-12(8-10)19-16-20-15(21)14(23-16)5-1-3-13-4-2-6-22-13/h1-9H,(H,19,20,21)/b3-1+,14-5-. The van der Waals surface area contributed by atoms with Gasteiger partial charge in [-0.1, -0.05) is 29.3 Å². The van der Waals surface area contributed by atoms with Crippen LogP contribution in [0.3, 0.4) is 0 Å². The first-order valence-electron chi connectivity index (χ1n) is 6.56. The van der Waals surface area contributed by atoms with E-state index in [2.05, 4.69) is 10.3 Å². The van der Waals surface area contributed by atoms with Crippen LogP contribution < -0.4 is 5.32 Å². The van der Waals surface area contributed by atoms with Crippen LogP contribution in [-0.4, -0.2) is 11.1 Å². The smallest absolute Gasteiger partial charge is 0.264 e. The monoisotopic (exact) mass is 364 g/mol. The molecular formula is C16H10Cl2N2O2S. The highest BCUT2D eigenvalue weighted by molar-refractivity contribution is 8.18. The van der Waals surface area contributed by atoms with E-state index >= 15 is 0 Å². The zero-order chi connectivity index (χ0) is 16.2. The number of allylic oxidation sites excluding steroid dienone is 2. The summed E-state index contributed by atoms with van der Waals surface area (Å²) in [7, 11) is 0. The fourth-order valence-electron chi connectivity index (χ4n) is 1.83. The Hall–Kier alpha value is -1.95. The summed E-state index contributed by atoms with van der Waals surface area (Å²) in [5, 5.41) is 4.15. The highest BCUT2D eigenvalue weighted by Crippen LogP contribution is 2.29. The second-order valence-electron chi connectivity index (χ2n) is 4.51. The molecule has 0 bridgehead atoms. The molecule has 1 aliphatic heterocycles. The summed E-state index contributed by atoms with van der Waals surface area (Å²) in [5.41, 5.74) is 0.581. The van der Waals surface area contributed by atoms with Crippen LogP contribution in [0.5, 0.6) is 0 Å². The molecule has 116 valence electrons. The Bertz CT molecular complexity index is 806. The predicted molar refractivity (Wildman–Crippen MR) is 95.1 cm³/mol. The molecule has 0 aliphatic carbocycles. The number of carbonyl (C=O) groups excluding carboxylic acids is 1. The van der Waals surface area contributed by atoms with Gasteiger partial charge in [-0.05, 0) is 54.2 Å². The van der Waals surface area contributed by atoms with E-state index in [4.69, 9.17) is 27.6 Å². The minimum absolute atomic E-state index is 0.203. The maximum atomic E-state index is 11.9. The van der Waals surface area contributed by atoms with Gasteiger partial charge in [-0.25, -0.2) is 4.99 Å². The van der Waals surface area contributed by atoms with Crippen LogP contribution in [-0.2, 0) is 4.79 Å². The van der Waals surface area contributed by atoms with Crippen LogP contribution in [0.1, 0.15) is 5.76 Å². The molecule has 1 N–H and O–H groups in total. The molecule has 4 nitrogen and oxygen atoms in total. The minimum Gasteiger partial charge on any atom is -0.465 e. The van der Waals surface area contributed by atoms with Crippen LogP contribution in [0.15, 0.2) is 63.1 Å². The van der Waals surface area contributed by atoms with Crippen molar-refractivity contribution in [1.82, 2.24) is 5.32 Å². The molecule has 1 fully saturated rings. The van der Waals surface area contributed by atoms with E-state index in [1.807, 2.05) is 6.07 Å². The maximum Gasteiger partial charge on any atom is 0.264 e. The number of nitrogens with zero attached hydrogens (tertiary/aromatic N) is 1. The van der Waals surface area contributed by atoms with Crippen LogP contribution >= 0.6 is 35.0 Å². The van der Waals surface area contributed by atoms with Crippen molar-refractivity contribution in [2.75, 3.05) is 0 Å². The number of furan rings is 1. The lowest BCUT2D eigenvalue weighted by molar-refractivity contribution is -0.115. The second-order valence-corrected chi connectivity index (χ2v) is 6.41. The molecule has 0 unspecified atom stereocenters. The number of amidine groups is 1. The van der Waals surface area contributed by atoms with Crippen LogP contribution in [0, 0.1) is 0 Å². The molecule has 3 rings (SSSR count). The van der Waals surface area contributed by atoms with E-state index in [9.17, 15) is 4.79 Å². The summed E-state index contributed by atoms with van der Waals surface area (Å²) in [6.07, 6.45) is 6.81. The largest absolute Gasteiger partial charge is 0.465 e. The molecule has 0 spiro atoms. The first kappa shape index (κ1) is 15.9. The first-order chi connectivity index (χ1) is 11.1. The molecule has 1 amide bonds.